The molecule has 0 radical (unpaired) electrons. The lowest BCUT2D eigenvalue weighted by atomic mass is 9.76. The highest BCUT2D eigenvalue weighted by Gasteiger charge is 2.48. The predicted molar refractivity (Wildman–Crippen MR) is 48.7 cm³/mol. The van der Waals surface area contributed by atoms with Crippen LogP contribution in [0.4, 0.5) is 4.79 Å². The van der Waals surface area contributed by atoms with E-state index in [-0.39, 0.29) is 24.0 Å². The summed E-state index contributed by atoms with van der Waals surface area (Å²) in [6, 6.07) is -0.272. The second kappa shape index (κ2) is 3.24. The summed E-state index contributed by atoms with van der Waals surface area (Å²) in [5, 5.41) is 2.29. The third kappa shape index (κ3) is 1.28. The van der Waals surface area contributed by atoms with E-state index < -0.39 is 0 Å². The third-order valence-corrected chi connectivity index (χ3v) is 3.06. The summed E-state index contributed by atoms with van der Waals surface area (Å²) in [6.45, 7) is 0.704. The largest absolute Gasteiger partial charge is 0.382 e. The maximum Gasteiger partial charge on any atom is 0.325 e. The second-order valence-corrected chi connectivity index (χ2v) is 3.95. The van der Waals surface area contributed by atoms with E-state index in [1.807, 2.05) is 0 Å². The SMILES string of the molecule is COCC1(N2CC(=O)NC2=O)CCC1. The molecule has 0 atom stereocenters. The summed E-state index contributed by atoms with van der Waals surface area (Å²) in [5.41, 5.74) is -0.217. The van der Waals surface area contributed by atoms with Crippen LogP contribution in [0, 0.1) is 0 Å². The molecule has 0 aromatic heterocycles. The van der Waals surface area contributed by atoms with Crippen LogP contribution in [0.15, 0.2) is 0 Å². The van der Waals surface area contributed by atoms with Gasteiger partial charge in [-0.25, -0.2) is 4.79 Å². The van der Waals surface area contributed by atoms with E-state index in [2.05, 4.69) is 5.32 Å². The summed E-state index contributed by atoms with van der Waals surface area (Å²) < 4.78 is 5.11. The average Bonchev–Trinajstić information content (AvgIpc) is 2.38. The van der Waals surface area contributed by atoms with Crippen molar-refractivity contribution in [1.82, 2.24) is 10.2 Å². The van der Waals surface area contributed by atoms with Crippen LogP contribution in [0.25, 0.3) is 0 Å². The number of imide groups is 1. The molecule has 1 aliphatic carbocycles. The highest BCUT2D eigenvalue weighted by Crippen LogP contribution is 2.38. The number of hydrogen-bond donors (Lipinski definition) is 1. The third-order valence-electron chi connectivity index (χ3n) is 3.06. The number of nitrogens with one attached hydrogen (secondary N) is 1. The maximum atomic E-state index is 11.4. The topological polar surface area (TPSA) is 58.6 Å². The number of carbonyl (C=O) groups excluding carboxylic acids is 2. The number of methoxy groups -OCH3 is 1. The monoisotopic (exact) mass is 198 g/mol. The standard InChI is InChI=1S/C9H14N2O3/c1-14-6-9(3-2-4-9)11-5-7(12)10-8(11)13/h2-6H2,1H3,(H,10,12,13). The van der Waals surface area contributed by atoms with Gasteiger partial charge in [-0.2, -0.15) is 0 Å². The average molecular weight is 198 g/mol. The number of hydrogen-bond acceptors (Lipinski definition) is 3. The molecule has 0 bridgehead atoms. The molecule has 0 aromatic carbocycles. The van der Waals surface area contributed by atoms with Gasteiger partial charge in [0.1, 0.15) is 6.54 Å². The first kappa shape index (κ1) is 9.45. The number of amides is 3. The molecule has 2 fully saturated rings. The van der Waals surface area contributed by atoms with Crippen LogP contribution >= 0.6 is 0 Å². The molecule has 2 rings (SSSR count). The van der Waals surface area contributed by atoms with E-state index in [9.17, 15) is 9.59 Å². The molecule has 5 nitrogen and oxygen atoms in total. The highest BCUT2D eigenvalue weighted by atomic mass is 16.5. The predicted octanol–water partition coefficient (Wildman–Crippen LogP) is 0.107. The van der Waals surface area contributed by atoms with E-state index in [0.29, 0.717) is 6.61 Å². The Morgan fingerprint density at radius 1 is 1.50 bits per heavy atom. The molecule has 1 saturated heterocycles. The lowest BCUT2D eigenvalue weighted by Crippen LogP contribution is -2.57. The van der Waals surface area contributed by atoms with Crippen molar-refractivity contribution in [2.45, 2.75) is 24.8 Å². The van der Waals surface area contributed by atoms with Gasteiger partial charge in [0.25, 0.3) is 0 Å². The summed E-state index contributed by atoms with van der Waals surface area (Å²) in [5.74, 6) is -0.211. The minimum absolute atomic E-state index is 0.183. The van der Waals surface area contributed by atoms with Gasteiger partial charge >= 0.3 is 6.03 Å². The van der Waals surface area contributed by atoms with Gasteiger partial charge in [0.05, 0.1) is 12.1 Å². The fourth-order valence-electron chi connectivity index (χ4n) is 2.17. The summed E-state index contributed by atoms with van der Waals surface area (Å²) in [4.78, 5) is 24.1. The molecule has 0 aromatic rings. The molecular formula is C9H14N2O3. The Morgan fingerprint density at radius 2 is 2.21 bits per heavy atom. The first-order valence-corrected chi connectivity index (χ1v) is 4.78. The van der Waals surface area contributed by atoms with Crippen molar-refractivity contribution in [2.24, 2.45) is 0 Å². The molecule has 78 valence electrons. The van der Waals surface area contributed by atoms with Crippen LogP contribution in [0.2, 0.25) is 0 Å². The molecule has 2 aliphatic rings. The quantitative estimate of drug-likeness (QED) is 0.655. The Hall–Kier alpha value is -1.10. The van der Waals surface area contributed by atoms with Crippen molar-refractivity contribution >= 4 is 11.9 Å². The fourth-order valence-corrected chi connectivity index (χ4v) is 2.17. The van der Waals surface area contributed by atoms with E-state index >= 15 is 0 Å². The lowest BCUT2D eigenvalue weighted by Gasteiger charge is -2.47. The molecule has 14 heavy (non-hydrogen) atoms. The Kier molecular flexibility index (Phi) is 2.19. The molecule has 1 aliphatic heterocycles. The zero-order valence-electron chi connectivity index (χ0n) is 8.21. The van der Waals surface area contributed by atoms with E-state index in [1.54, 1.807) is 12.0 Å². The molecule has 1 heterocycles. The zero-order valence-corrected chi connectivity index (χ0v) is 8.21. The van der Waals surface area contributed by atoms with E-state index in [1.165, 1.54) is 0 Å². The summed E-state index contributed by atoms with van der Waals surface area (Å²) in [6.07, 6.45) is 2.96. The molecule has 5 heteroatoms. The van der Waals surface area contributed by atoms with Crippen molar-refractivity contribution in [3.63, 3.8) is 0 Å². The van der Waals surface area contributed by atoms with Gasteiger partial charge in [-0.3, -0.25) is 10.1 Å². The molecular weight excluding hydrogens is 184 g/mol. The Labute approximate surface area is 82.4 Å². The second-order valence-electron chi connectivity index (χ2n) is 3.95. The van der Waals surface area contributed by atoms with Gasteiger partial charge in [0, 0.05) is 7.11 Å². The highest BCUT2D eigenvalue weighted by molar-refractivity contribution is 6.02. The van der Waals surface area contributed by atoms with Gasteiger partial charge in [-0.05, 0) is 19.3 Å². The van der Waals surface area contributed by atoms with Crippen LogP contribution in [0.1, 0.15) is 19.3 Å². The Bertz CT molecular complexity index is 273. The van der Waals surface area contributed by atoms with E-state index in [4.69, 9.17) is 4.74 Å². The Balaban J connectivity index is 2.12. The van der Waals surface area contributed by atoms with Gasteiger partial charge in [-0.1, -0.05) is 0 Å². The Morgan fingerprint density at radius 3 is 2.57 bits per heavy atom. The fraction of sp³-hybridized carbons (Fsp3) is 0.778. The minimum Gasteiger partial charge on any atom is -0.382 e. The molecule has 1 N–H and O–H groups in total. The molecule has 1 saturated carbocycles. The summed E-state index contributed by atoms with van der Waals surface area (Å²) >= 11 is 0. The van der Waals surface area contributed by atoms with Crippen molar-refractivity contribution < 1.29 is 14.3 Å². The van der Waals surface area contributed by atoms with Crippen LogP contribution in [-0.2, 0) is 9.53 Å². The molecule has 0 spiro atoms. The minimum atomic E-state index is -0.272. The van der Waals surface area contributed by atoms with Gasteiger partial charge in [0.2, 0.25) is 5.91 Å². The van der Waals surface area contributed by atoms with E-state index in [0.717, 1.165) is 19.3 Å². The van der Waals surface area contributed by atoms with Gasteiger partial charge < -0.3 is 9.64 Å². The van der Waals surface area contributed by atoms with Crippen LogP contribution < -0.4 is 5.32 Å². The maximum absolute atomic E-state index is 11.4. The molecule has 3 amide bonds. The molecule has 0 unspecified atom stereocenters. The normalized spacial score (nSPS) is 24.8. The number of ether oxygens (including phenoxy) is 1. The lowest BCUT2D eigenvalue weighted by molar-refractivity contribution is -0.119. The van der Waals surface area contributed by atoms with Crippen molar-refractivity contribution in [2.75, 3.05) is 20.3 Å². The summed E-state index contributed by atoms with van der Waals surface area (Å²) in [7, 11) is 1.62. The number of carbonyl (C=O) groups is 2. The first-order chi connectivity index (χ1) is 6.68. The van der Waals surface area contributed by atoms with Crippen molar-refractivity contribution in [1.29, 1.82) is 0 Å². The number of rotatable bonds is 3. The van der Waals surface area contributed by atoms with Crippen LogP contribution in [0.5, 0.6) is 0 Å². The number of urea groups is 1. The smallest absolute Gasteiger partial charge is 0.325 e. The number of nitrogens with zero attached hydrogens (tertiary/aromatic N) is 1. The van der Waals surface area contributed by atoms with Crippen molar-refractivity contribution in [3.8, 4) is 0 Å². The van der Waals surface area contributed by atoms with Gasteiger partial charge in [-0.15, -0.1) is 0 Å². The van der Waals surface area contributed by atoms with Gasteiger partial charge in [0.15, 0.2) is 0 Å². The first-order valence-electron chi connectivity index (χ1n) is 4.78. The van der Waals surface area contributed by atoms with Crippen LogP contribution in [0.3, 0.4) is 0 Å². The van der Waals surface area contributed by atoms with Crippen molar-refractivity contribution in [3.05, 3.63) is 0 Å². The van der Waals surface area contributed by atoms with Crippen LogP contribution in [-0.4, -0.2) is 42.6 Å². The zero-order chi connectivity index (χ0) is 10.2.